The highest BCUT2D eigenvalue weighted by atomic mass is 16.5. The zero-order valence-corrected chi connectivity index (χ0v) is 7.48. The van der Waals surface area contributed by atoms with Gasteiger partial charge in [0, 0.05) is 5.92 Å². The second-order valence-electron chi connectivity index (χ2n) is 4.61. The Hall–Kier alpha value is -0.0400. The van der Waals surface area contributed by atoms with E-state index in [2.05, 4.69) is 27.7 Å². The Labute approximate surface area is 63.8 Å². The topological polar surface area (TPSA) is 9.23 Å². The van der Waals surface area contributed by atoms with Crippen molar-refractivity contribution in [2.24, 2.45) is 11.3 Å². The average Bonchev–Trinajstić information content (AvgIpc) is 1.78. The molecule has 0 bridgehead atoms. The summed E-state index contributed by atoms with van der Waals surface area (Å²) in [5.74, 6) is 0.791. The Bertz CT molecular complexity index is 112. The van der Waals surface area contributed by atoms with Crippen LogP contribution >= 0.6 is 0 Å². The van der Waals surface area contributed by atoms with Gasteiger partial charge in [0.25, 0.3) is 0 Å². The normalized spacial score (nSPS) is 33.6. The van der Waals surface area contributed by atoms with Gasteiger partial charge in [-0.2, -0.15) is 0 Å². The van der Waals surface area contributed by atoms with Gasteiger partial charge in [0.1, 0.15) is 0 Å². The highest BCUT2D eigenvalue weighted by Crippen LogP contribution is 2.31. The van der Waals surface area contributed by atoms with Gasteiger partial charge in [0.2, 0.25) is 0 Å². The van der Waals surface area contributed by atoms with E-state index in [1.54, 1.807) is 0 Å². The maximum atomic E-state index is 5.42. The van der Waals surface area contributed by atoms with Crippen LogP contribution in [0.1, 0.15) is 34.1 Å². The van der Waals surface area contributed by atoms with Gasteiger partial charge < -0.3 is 4.74 Å². The predicted octanol–water partition coefficient (Wildman–Crippen LogP) is 2.46. The first-order valence-electron chi connectivity index (χ1n) is 4.11. The van der Waals surface area contributed by atoms with Crippen molar-refractivity contribution < 1.29 is 4.74 Å². The zero-order valence-electron chi connectivity index (χ0n) is 7.48. The Morgan fingerprint density at radius 1 is 1.40 bits per heavy atom. The predicted molar refractivity (Wildman–Crippen MR) is 43.0 cm³/mol. The third-order valence-corrected chi connectivity index (χ3v) is 2.02. The standard InChI is InChI=1S/C9H18O/c1-7-6-10-8(7)5-9(2,3)4/h7-8H,5-6H2,1-4H3/t7-,8+/m1/s1. The van der Waals surface area contributed by atoms with E-state index in [0.29, 0.717) is 11.5 Å². The second-order valence-corrected chi connectivity index (χ2v) is 4.61. The zero-order chi connectivity index (χ0) is 7.78. The first-order valence-corrected chi connectivity index (χ1v) is 4.11. The SMILES string of the molecule is C[C@@H]1CO[C@H]1CC(C)(C)C. The minimum atomic E-state index is 0.430. The van der Waals surface area contributed by atoms with Gasteiger partial charge in [-0.05, 0) is 11.8 Å². The van der Waals surface area contributed by atoms with Crippen LogP contribution in [0, 0.1) is 11.3 Å². The summed E-state index contributed by atoms with van der Waals surface area (Å²) in [5, 5.41) is 0. The molecule has 1 aliphatic rings. The van der Waals surface area contributed by atoms with Crippen molar-refractivity contribution >= 4 is 0 Å². The molecular formula is C9H18O. The average molecular weight is 142 g/mol. The molecule has 0 N–H and O–H groups in total. The summed E-state index contributed by atoms with van der Waals surface area (Å²) in [6.07, 6.45) is 1.74. The van der Waals surface area contributed by atoms with Crippen molar-refractivity contribution in [2.75, 3.05) is 6.61 Å². The van der Waals surface area contributed by atoms with Crippen LogP contribution in [-0.4, -0.2) is 12.7 Å². The molecule has 1 aliphatic heterocycles. The summed E-state index contributed by atoms with van der Waals surface area (Å²) in [6, 6.07) is 0. The van der Waals surface area contributed by atoms with Gasteiger partial charge in [-0.15, -0.1) is 0 Å². The van der Waals surface area contributed by atoms with Crippen LogP contribution in [0.25, 0.3) is 0 Å². The Balaban J connectivity index is 2.26. The van der Waals surface area contributed by atoms with E-state index in [9.17, 15) is 0 Å². The molecule has 0 amide bonds. The molecule has 60 valence electrons. The molecule has 10 heavy (non-hydrogen) atoms. The minimum Gasteiger partial charge on any atom is -0.377 e. The molecule has 1 saturated heterocycles. The summed E-state index contributed by atoms with van der Waals surface area (Å²) in [7, 11) is 0. The third-order valence-electron chi connectivity index (χ3n) is 2.02. The largest absolute Gasteiger partial charge is 0.377 e. The van der Waals surface area contributed by atoms with Crippen molar-refractivity contribution in [3.05, 3.63) is 0 Å². The molecular weight excluding hydrogens is 124 g/mol. The van der Waals surface area contributed by atoms with Crippen molar-refractivity contribution in [3.8, 4) is 0 Å². The molecule has 1 heteroatoms. The maximum absolute atomic E-state index is 5.42. The van der Waals surface area contributed by atoms with Gasteiger partial charge in [-0.25, -0.2) is 0 Å². The third kappa shape index (κ3) is 1.98. The van der Waals surface area contributed by atoms with E-state index < -0.39 is 0 Å². The van der Waals surface area contributed by atoms with Crippen molar-refractivity contribution in [2.45, 2.75) is 40.2 Å². The maximum Gasteiger partial charge on any atom is 0.0627 e. The van der Waals surface area contributed by atoms with Gasteiger partial charge >= 0.3 is 0 Å². The summed E-state index contributed by atoms with van der Waals surface area (Å²) in [4.78, 5) is 0. The van der Waals surface area contributed by atoms with Crippen LogP contribution in [0.3, 0.4) is 0 Å². The van der Waals surface area contributed by atoms with Crippen molar-refractivity contribution in [1.82, 2.24) is 0 Å². The molecule has 0 aromatic rings. The molecule has 0 radical (unpaired) electrons. The van der Waals surface area contributed by atoms with Crippen LogP contribution in [0.5, 0.6) is 0 Å². The second kappa shape index (κ2) is 2.54. The molecule has 1 rings (SSSR count). The first kappa shape index (κ1) is 8.06. The molecule has 0 aliphatic carbocycles. The van der Waals surface area contributed by atoms with Crippen molar-refractivity contribution in [3.63, 3.8) is 0 Å². The molecule has 0 saturated carbocycles. The quantitative estimate of drug-likeness (QED) is 0.546. The van der Waals surface area contributed by atoms with E-state index in [0.717, 1.165) is 12.5 Å². The minimum absolute atomic E-state index is 0.430. The van der Waals surface area contributed by atoms with Crippen LogP contribution < -0.4 is 0 Å². The summed E-state index contributed by atoms with van der Waals surface area (Å²) >= 11 is 0. The number of rotatable bonds is 1. The van der Waals surface area contributed by atoms with Gasteiger partial charge in [-0.3, -0.25) is 0 Å². The molecule has 1 fully saturated rings. The van der Waals surface area contributed by atoms with Crippen LogP contribution in [0.4, 0.5) is 0 Å². The van der Waals surface area contributed by atoms with E-state index in [-0.39, 0.29) is 0 Å². The lowest BCUT2D eigenvalue weighted by Gasteiger charge is -2.38. The fourth-order valence-electron chi connectivity index (χ4n) is 1.29. The molecule has 1 heterocycles. The first-order chi connectivity index (χ1) is 4.49. The lowest BCUT2D eigenvalue weighted by Crippen LogP contribution is -2.40. The van der Waals surface area contributed by atoms with Gasteiger partial charge in [0.15, 0.2) is 0 Å². The number of hydrogen-bond acceptors (Lipinski definition) is 1. The van der Waals surface area contributed by atoms with E-state index in [1.807, 2.05) is 0 Å². The molecule has 0 aromatic carbocycles. The molecule has 0 unspecified atom stereocenters. The van der Waals surface area contributed by atoms with Crippen LogP contribution in [0.15, 0.2) is 0 Å². The molecule has 0 spiro atoms. The van der Waals surface area contributed by atoms with Crippen molar-refractivity contribution in [1.29, 1.82) is 0 Å². The van der Waals surface area contributed by atoms with E-state index in [4.69, 9.17) is 4.74 Å². The van der Waals surface area contributed by atoms with Crippen LogP contribution in [-0.2, 0) is 4.74 Å². The fraction of sp³-hybridized carbons (Fsp3) is 1.00. The Kier molecular flexibility index (Phi) is 2.04. The molecule has 2 atom stereocenters. The lowest BCUT2D eigenvalue weighted by molar-refractivity contribution is -0.122. The summed E-state index contributed by atoms with van der Waals surface area (Å²) in [6.45, 7) is 10.0. The number of ether oxygens (including phenoxy) is 1. The van der Waals surface area contributed by atoms with Gasteiger partial charge in [-0.1, -0.05) is 27.7 Å². The highest BCUT2D eigenvalue weighted by Gasteiger charge is 2.31. The Morgan fingerprint density at radius 3 is 2.10 bits per heavy atom. The smallest absolute Gasteiger partial charge is 0.0627 e. The van der Waals surface area contributed by atoms with Crippen LogP contribution in [0.2, 0.25) is 0 Å². The van der Waals surface area contributed by atoms with E-state index in [1.165, 1.54) is 6.42 Å². The van der Waals surface area contributed by atoms with E-state index >= 15 is 0 Å². The van der Waals surface area contributed by atoms with Gasteiger partial charge in [0.05, 0.1) is 12.7 Å². The number of hydrogen-bond donors (Lipinski definition) is 0. The molecule has 0 aromatic heterocycles. The lowest BCUT2D eigenvalue weighted by atomic mass is 9.83. The summed E-state index contributed by atoms with van der Waals surface area (Å²) < 4.78 is 5.42. The Morgan fingerprint density at radius 2 is 2.00 bits per heavy atom. The monoisotopic (exact) mass is 142 g/mol. The fourth-order valence-corrected chi connectivity index (χ4v) is 1.29. The highest BCUT2D eigenvalue weighted by molar-refractivity contribution is 4.79. The molecule has 1 nitrogen and oxygen atoms in total. The summed E-state index contributed by atoms with van der Waals surface area (Å²) in [5.41, 5.74) is 0.430.